The minimum Gasteiger partial charge on any atom is -0.469 e. The van der Waals surface area contributed by atoms with Crippen LogP contribution in [0, 0.1) is 12.8 Å². The molecule has 0 spiro atoms. The van der Waals surface area contributed by atoms with Crippen molar-refractivity contribution >= 4 is 16.9 Å². The molecule has 2 aromatic heterocycles. The molecule has 5 nitrogen and oxygen atoms in total. The van der Waals surface area contributed by atoms with E-state index in [9.17, 15) is 4.79 Å². The van der Waals surface area contributed by atoms with Gasteiger partial charge in [-0.3, -0.25) is 4.79 Å². The van der Waals surface area contributed by atoms with Crippen LogP contribution in [0.15, 0.2) is 41.0 Å². The molecule has 1 aromatic carbocycles. The number of carbonyl (C=O) groups is 1. The number of aryl methyl sites for hydroxylation is 1. The van der Waals surface area contributed by atoms with Crippen molar-refractivity contribution in [2.45, 2.75) is 26.8 Å². The predicted molar refractivity (Wildman–Crippen MR) is 84.6 cm³/mol. The molecule has 0 bridgehead atoms. The molecule has 0 aliphatic rings. The van der Waals surface area contributed by atoms with Gasteiger partial charge in [0.15, 0.2) is 0 Å². The highest BCUT2D eigenvalue weighted by atomic mass is 16.3. The first kappa shape index (κ1) is 14.4. The van der Waals surface area contributed by atoms with E-state index in [0.717, 1.165) is 16.9 Å². The summed E-state index contributed by atoms with van der Waals surface area (Å²) in [5, 5.41) is 3.04. The van der Waals surface area contributed by atoms with Crippen LogP contribution >= 0.6 is 0 Å². The molecule has 3 aromatic rings. The highest BCUT2D eigenvalue weighted by Crippen LogP contribution is 2.23. The third-order valence-electron chi connectivity index (χ3n) is 3.76. The topological polar surface area (TPSA) is 70.9 Å². The van der Waals surface area contributed by atoms with Gasteiger partial charge in [-0.25, -0.2) is 4.98 Å². The van der Waals surface area contributed by atoms with E-state index in [1.54, 1.807) is 13.0 Å². The smallest absolute Gasteiger partial charge is 0.255 e. The van der Waals surface area contributed by atoms with E-state index in [2.05, 4.69) is 29.1 Å². The quantitative estimate of drug-likeness (QED) is 0.773. The van der Waals surface area contributed by atoms with Crippen molar-refractivity contribution < 1.29 is 9.21 Å². The summed E-state index contributed by atoms with van der Waals surface area (Å²) >= 11 is 0. The van der Waals surface area contributed by atoms with E-state index >= 15 is 0 Å². The minimum absolute atomic E-state index is 0.148. The zero-order chi connectivity index (χ0) is 15.7. The average Bonchev–Trinajstić information content (AvgIpc) is 3.09. The molecule has 0 radical (unpaired) electrons. The lowest BCUT2D eigenvalue weighted by atomic mass is 10.0. The van der Waals surface area contributed by atoms with Crippen molar-refractivity contribution in [3.05, 3.63) is 53.7 Å². The Morgan fingerprint density at radius 1 is 1.27 bits per heavy atom. The fourth-order valence-corrected chi connectivity index (χ4v) is 2.51. The highest BCUT2D eigenvalue weighted by molar-refractivity contribution is 5.95. The lowest BCUT2D eigenvalue weighted by Crippen LogP contribution is -2.32. The molecule has 0 aliphatic carbocycles. The van der Waals surface area contributed by atoms with Crippen LogP contribution < -0.4 is 5.32 Å². The maximum atomic E-state index is 12.4. The minimum atomic E-state index is -0.186. The molecular weight excluding hydrogens is 278 g/mol. The third kappa shape index (κ3) is 2.62. The molecule has 1 atom stereocenters. The van der Waals surface area contributed by atoms with Gasteiger partial charge in [-0.15, -0.1) is 0 Å². The maximum Gasteiger partial charge on any atom is 0.255 e. The van der Waals surface area contributed by atoms with Crippen LogP contribution in [0.1, 0.15) is 41.8 Å². The number of fused-ring (bicyclic) bond motifs is 1. The number of rotatable bonds is 4. The number of nitrogens with one attached hydrogen (secondary N) is 2. The standard InChI is InChI=1S/C17H19N3O2/c1-10(2)15(20-17(21)12-8-9-22-11(12)3)16-18-13-6-4-5-7-14(13)19-16/h4-10,15H,1-3H3,(H,18,19)(H,20,21). The molecule has 22 heavy (non-hydrogen) atoms. The van der Waals surface area contributed by atoms with Gasteiger partial charge in [-0.1, -0.05) is 26.0 Å². The fraction of sp³-hybridized carbons (Fsp3) is 0.294. The van der Waals surface area contributed by atoms with Gasteiger partial charge in [0.25, 0.3) is 5.91 Å². The van der Waals surface area contributed by atoms with Gasteiger partial charge < -0.3 is 14.7 Å². The summed E-state index contributed by atoms with van der Waals surface area (Å²) in [6.45, 7) is 5.89. The Morgan fingerprint density at radius 2 is 2.05 bits per heavy atom. The van der Waals surface area contributed by atoms with Crippen molar-refractivity contribution in [1.82, 2.24) is 15.3 Å². The molecule has 0 fully saturated rings. The number of hydrogen-bond acceptors (Lipinski definition) is 3. The van der Waals surface area contributed by atoms with Crippen LogP contribution in [0.2, 0.25) is 0 Å². The van der Waals surface area contributed by atoms with E-state index in [0.29, 0.717) is 11.3 Å². The number of furan rings is 1. The maximum absolute atomic E-state index is 12.4. The van der Waals surface area contributed by atoms with Gasteiger partial charge in [0.1, 0.15) is 11.6 Å². The molecule has 5 heteroatoms. The van der Waals surface area contributed by atoms with Crippen LogP contribution in [-0.2, 0) is 0 Å². The molecule has 2 heterocycles. The summed E-state index contributed by atoms with van der Waals surface area (Å²) in [6.07, 6.45) is 1.52. The van der Waals surface area contributed by atoms with Gasteiger partial charge in [0.05, 0.1) is 28.9 Å². The number of amides is 1. The summed E-state index contributed by atoms with van der Waals surface area (Å²) in [7, 11) is 0. The summed E-state index contributed by atoms with van der Waals surface area (Å²) < 4.78 is 5.20. The Kier molecular flexibility index (Phi) is 3.71. The molecule has 3 rings (SSSR count). The molecule has 1 unspecified atom stereocenters. The molecule has 1 amide bonds. The monoisotopic (exact) mass is 297 g/mol. The molecule has 2 N–H and O–H groups in total. The first-order chi connectivity index (χ1) is 10.6. The lowest BCUT2D eigenvalue weighted by molar-refractivity contribution is 0.0922. The van der Waals surface area contributed by atoms with E-state index in [1.807, 2.05) is 24.3 Å². The van der Waals surface area contributed by atoms with Crippen LogP contribution in [0.4, 0.5) is 0 Å². The zero-order valence-corrected chi connectivity index (χ0v) is 12.9. The first-order valence-electron chi connectivity index (χ1n) is 7.36. The Balaban J connectivity index is 1.90. The number of hydrogen-bond donors (Lipinski definition) is 2. The van der Waals surface area contributed by atoms with Crippen LogP contribution in [0.25, 0.3) is 11.0 Å². The lowest BCUT2D eigenvalue weighted by Gasteiger charge is -2.20. The number of aromatic nitrogens is 2. The molecule has 0 aliphatic heterocycles. The van der Waals surface area contributed by atoms with E-state index in [1.165, 1.54) is 6.26 Å². The summed E-state index contributed by atoms with van der Waals surface area (Å²) in [5.41, 5.74) is 2.43. The van der Waals surface area contributed by atoms with Crippen LogP contribution in [-0.4, -0.2) is 15.9 Å². The largest absolute Gasteiger partial charge is 0.469 e. The number of aromatic amines is 1. The van der Waals surface area contributed by atoms with Crippen LogP contribution in [0.3, 0.4) is 0 Å². The SMILES string of the molecule is Cc1occc1C(=O)NC(c1nc2ccccc2[nH]1)C(C)C. The second-order valence-corrected chi connectivity index (χ2v) is 5.72. The van der Waals surface area contributed by atoms with Gasteiger partial charge in [0, 0.05) is 0 Å². The van der Waals surface area contributed by atoms with Crippen molar-refractivity contribution in [2.75, 3.05) is 0 Å². The fourth-order valence-electron chi connectivity index (χ4n) is 2.51. The Hall–Kier alpha value is -2.56. The van der Waals surface area contributed by atoms with Crippen LogP contribution in [0.5, 0.6) is 0 Å². The third-order valence-corrected chi connectivity index (χ3v) is 3.76. The van der Waals surface area contributed by atoms with Crippen molar-refractivity contribution in [3.8, 4) is 0 Å². The number of para-hydroxylation sites is 2. The van der Waals surface area contributed by atoms with Gasteiger partial charge in [0.2, 0.25) is 0 Å². The predicted octanol–water partition coefficient (Wildman–Crippen LogP) is 3.59. The number of imidazole rings is 1. The summed E-state index contributed by atoms with van der Waals surface area (Å²) in [4.78, 5) is 20.3. The molecule has 0 saturated carbocycles. The number of benzene rings is 1. The highest BCUT2D eigenvalue weighted by Gasteiger charge is 2.23. The summed E-state index contributed by atoms with van der Waals surface area (Å²) in [5.74, 6) is 1.44. The first-order valence-corrected chi connectivity index (χ1v) is 7.36. The normalized spacial score (nSPS) is 12.7. The second-order valence-electron chi connectivity index (χ2n) is 5.72. The number of carbonyl (C=O) groups excluding carboxylic acids is 1. The number of H-pyrrole nitrogens is 1. The molecule has 114 valence electrons. The molecular formula is C17H19N3O2. The van der Waals surface area contributed by atoms with Gasteiger partial charge in [-0.05, 0) is 31.0 Å². The Labute approximate surface area is 128 Å². The molecule has 0 saturated heterocycles. The number of nitrogens with zero attached hydrogens (tertiary/aromatic N) is 1. The zero-order valence-electron chi connectivity index (χ0n) is 12.9. The van der Waals surface area contributed by atoms with Crippen molar-refractivity contribution in [1.29, 1.82) is 0 Å². The van der Waals surface area contributed by atoms with Gasteiger partial charge in [-0.2, -0.15) is 0 Å². The Bertz CT molecular complexity index is 768. The van der Waals surface area contributed by atoms with E-state index < -0.39 is 0 Å². The second kappa shape index (κ2) is 5.67. The van der Waals surface area contributed by atoms with Gasteiger partial charge >= 0.3 is 0 Å². The van der Waals surface area contributed by atoms with E-state index in [-0.39, 0.29) is 17.9 Å². The summed E-state index contributed by atoms with van der Waals surface area (Å²) in [6, 6.07) is 9.34. The Morgan fingerprint density at radius 3 is 2.68 bits per heavy atom. The van der Waals surface area contributed by atoms with Crippen molar-refractivity contribution in [3.63, 3.8) is 0 Å². The van der Waals surface area contributed by atoms with E-state index in [4.69, 9.17) is 4.42 Å². The average molecular weight is 297 g/mol. The van der Waals surface area contributed by atoms with Crippen molar-refractivity contribution in [2.24, 2.45) is 5.92 Å².